The highest BCUT2D eigenvalue weighted by Gasteiger charge is 2.26. The quantitative estimate of drug-likeness (QED) is 0.600. The first-order valence-corrected chi connectivity index (χ1v) is 11.1. The van der Waals surface area contributed by atoms with Crippen molar-refractivity contribution in [2.24, 2.45) is 0 Å². The van der Waals surface area contributed by atoms with Crippen molar-refractivity contribution in [3.05, 3.63) is 42.5 Å². The third-order valence-electron chi connectivity index (χ3n) is 5.87. The Morgan fingerprint density at radius 3 is 2.70 bits per heavy atom. The van der Waals surface area contributed by atoms with E-state index in [2.05, 4.69) is 20.1 Å². The molecule has 4 heterocycles. The summed E-state index contributed by atoms with van der Waals surface area (Å²) in [5, 5.41) is 4.35. The Morgan fingerprint density at radius 1 is 1.09 bits per heavy atom. The number of morpholine rings is 1. The van der Waals surface area contributed by atoms with E-state index in [4.69, 9.17) is 24.2 Å². The molecule has 0 aliphatic carbocycles. The third-order valence-corrected chi connectivity index (χ3v) is 5.87. The Kier molecular flexibility index (Phi) is 6.36. The number of methoxy groups -OCH3 is 1. The number of aromatic nitrogens is 3. The zero-order chi connectivity index (χ0) is 22.6. The van der Waals surface area contributed by atoms with Crippen molar-refractivity contribution in [2.75, 3.05) is 69.5 Å². The zero-order valence-corrected chi connectivity index (χ0v) is 18.5. The van der Waals surface area contributed by atoms with Gasteiger partial charge in [0, 0.05) is 32.7 Å². The summed E-state index contributed by atoms with van der Waals surface area (Å²) in [5.74, 6) is 2.51. The van der Waals surface area contributed by atoms with E-state index in [0.717, 1.165) is 42.9 Å². The molecule has 0 unspecified atom stereocenters. The van der Waals surface area contributed by atoms with Crippen LogP contribution >= 0.6 is 0 Å². The maximum atomic E-state index is 13.2. The largest absolute Gasteiger partial charge is 0.494 e. The average Bonchev–Trinajstić information content (AvgIpc) is 2.88. The zero-order valence-electron chi connectivity index (χ0n) is 18.5. The van der Waals surface area contributed by atoms with E-state index in [1.165, 1.54) is 12.1 Å². The van der Waals surface area contributed by atoms with Gasteiger partial charge in [0.15, 0.2) is 0 Å². The number of nitrogens with zero attached hydrogens (tertiary/aromatic N) is 5. The molecular weight excluding hydrogens is 427 g/mol. The molecule has 3 aromatic rings. The van der Waals surface area contributed by atoms with Gasteiger partial charge in [-0.05, 0) is 24.3 Å². The summed E-state index contributed by atoms with van der Waals surface area (Å²) in [6.45, 7) is 5.53. The van der Waals surface area contributed by atoms with Gasteiger partial charge in [-0.15, -0.1) is 0 Å². The molecule has 2 aliphatic heterocycles. The van der Waals surface area contributed by atoms with Gasteiger partial charge in [-0.3, -0.25) is 4.98 Å². The first kappa shape index (κ1) is 21.6. The lowest BCUT2D eigenvalue weighted by atomic mass is 10.2. The van der Waals surface area contributed by atoms with E-state index >= 15 is 0 Å². The van der Waals surface area contributed by atoms with Crippen LogP contribution in [-0.2, 0) is 4.74 Å². The van der Waals surface area contributed by atoms with Gasteiger partial charge in [0.2, 0.25) is 5.95 Å². The second-order valence-corrected chi connectivity index (χ2v) is 8.04. The van der Waals surface area contributed by atoms with Gasteiger partial charge >= 0.3 is 0 Å². The number of fused-ring (bicyclic) bond motifs is 1. The standard InChI is InChI=1S/C23H27FN6O3/c1-31-20-13-25-12-19-21(20)22(28-23(27-19)29-8-10-32-11-9-29)30-7-6-26-17(14-30)15-33-18-4-2-16(24)3-5-18/h2-5,12-13,17,26H,6-11,14-15H2,1H3/t17-/m1/s1. The molecule has 1 atom stereocenters. The molecule has 2 aromatic heterocycles. The summed E-state index contributed by atoms with van der Waals surface area (Å²) < 4.78 is 30.2. The summed E-state index contributed by atoms with van der Waals surface area (Å²) in [6, 6.07) is 6.15. The van der Waals surface area contributed by atoms with Crippen molar-refractivity contribution in [1.29, 1.82) is 0 Å². The summed E-state index contributed by atoms with van der Waals surface area (Å²) in [4.78, 5) is 18.5. The van der Waals surface area contributed by atoms with Crippen LogP contribution in [0.25, 0.3) is 10.9 Å². The number of ether oxygens (including phenoxy) is 3. The Balaban J connectivity index is 1.42. The highest BCUT2D eigenvalue weighted by atomic mass is 19.1. The number of hydrogen-bond donors (Lipinski definition) is 1. The smallest absolute Gasteiger partial charge is 0.228 e. The molecule has 2 aliphatic rings. The van der Waals surface area contributed by atoms with Crippen LogP contribution < -0.4 is 24.6 Å². The second kappa shape index (κ2) is 9.72. The minimum Gasteiger partial charge on any atom is -0.494 e. The molecule has 33 heavy (non-hydrogen) atoms. The predicted octanol–water partition coefficient (Wildman–Crippen LogP) is 1.87. The van der Waals surface area contributed by atoms with Crippen LogP contribution in [0.3, 0.4) is 0 Å². The van der Waals surface area contributed by atoms with Crippen molar-refractivity contribution >= 4 is 22.7 Å². The van der Waals surface area contributed by atoms with Gasteiger partial charge in [0.25, 0.3) is 0 Å². The van der Waals surface area contributed by atoms with Crippen LogP contribution in [-0.4, -0.2) is 80.6 Å². The first-order chi connectivity index (χ1) is 16.2. The number of anilines is 2. The molecule has 0 spiro atoms. The highest BCUT2D eigenvalue weighted by Crippen LogP contribution is 2.34. The molecule has 2 fully saturated rings. The summed E-state index contributed by atoms with van der Waals surface area (Å²) >= 11 is 0. The average molecular weight is 455 g/mol. The molecule has 0 bridgehead atoms. The highest BCUT2D eigenvalue weighted by molar-refractivity contribution is 5.95. The van der Waals surface area contributed by atoms with Crippen LogP contribution in [0, 0.1) is 5.82 Å². The van der Waals surface area contributed by atoms with E-state index < -0.39 is 0 Å². The maximum Gasteiger partial charge on any atom is 0.228 e. The molecular formula is C23H27FN6O3. The minimum atomic E-state index is -0.278. The van der Waals surface area contributed by atoms with Gasteiger partial charge in [-0.1, -0.05) is 0 Å². The normalized spacial score (nSPS) is 19.0. The van der Waals surface area contributed by atoms with Gasteiger partial charge in [0.05, 0.1) is 44.1 Å². The van der Waals surface area contributed by atoms with Gasteiger partial charge < -0.3 is 29.3 Å². The molecule has 174 valence electrons. The number of halogens is 1. The number of pyridine rings is 1. The van der Waals surface area contributed by atoms with E-state index in [1.807, 2.05) is 0 Å². The first-order valence-electron chi connectivity index (χ1n) is 11.1. The van der Waals surface area contributed by atoms with Gasteiger partial charge in [-0.2, -0.15) is 4.98 Å². The van der Waals surface area contributed by atoms with Crippen molar-refractivity contribution in [1.82, 2.24) is 20.3 Å². The van der Waals surface area contributed by atoms with Crippen LogP contribution in [0.15, 0.2) is 36.7 Å². The Bertz CT molecular complexity index is 1090. The van der Waals surface area contributed by atoms with Crippen molar-refractivity contribution in [3.63, 3.8) is 0 Å². The summed E-state index contributed by atoms with van der Waals surface area (Å²) in [7, 11) is 1.63. The fraction of sp³-hybridized carbons (Fsp3) is 0.435. The fourth-order valence-electron chi connectivity index (χ4n) is 4.17. The van der Waals surface area contributed by atoms with E-state index in [0.29, 0.717) is 43.8 Å². The molecule has 10 heteroatoms. The SMILES string of the molecule is COc1cncc2nc(N3CCOCC3)nc(N3CCN[C@@H](COc4ccc(F)cc4)C3)c12. The van der Waals surface area contributed by atoms with Crippen molar-refractivity contribution in [2.45, 2.75) is 6.04 Å². The van der Waals surface area contributed by atoms with E-state index in [1.54, 1.807) is 31.6 Å². The number of nitrogens with one attached hydrogen (secondary N) is 1. The molecule has 0 amide bonds. The summed E-state index contributed by atoms with van der Waals surface area (Å²) in [5.41, 5.74) is 0.749. The van der Waals surface area contributed by atoms with E-state index in [-0.39, 0.29) is 11.9 Å². The van der Waals surface area contributed by atoms with Crippen LogP contribution in [0.4, 0.5) is 16.2 Å². The van der Waals surface area contributed by atoms with Crippen LogP contribution in [0.5, 0.6) is 11.5 Å². The van der Waals surface area contributed by atoms with Crippen molar-refractivity contribution < 1.29 is 18.6 Å². The van der Waals surface area contributed by atoms with Crippen LogP contribution in [0.1, 0.15) is 0 Å². The number of piperazine rings is 1. The Labute approximate surface area is 191 Å². The minimum absolute atomic E-state index is 0.0773. The molecule has 2 saturated heterocycles. The lowest BCUT2D eigenvalue weighted by Crippen LogP contribution is -2.53. The maximum absolute atomic E-state index is 13.2. The lowest BCUT2D eigenvalue weighted by Gasteiger charge is -2.35. The fourth-order valence-corrected chi connectivity index (χ4v) is 4.17. The third kappa shape index (κ3) is 4.76. The monoisotopic (exact) mass is 454 g/mol. The van der Waals surface area contributed by atoms with Gasteiger partial charge in [-0.25, -0.2) is 9.37 Å². The van der Waals surface area contributed by atoms with Crippen LogP contribution in [0.2, 0.25) is 0 Å². The van der Waals surface area contributed by atoms with Gasteiger partial charge in [0.1, 0.15) is 35.3 Å². The predicted molar refractivity (Wildman–Crippen MR) is 123 cm³/mol. The molecule has 0 radical (unpaired) electrons. The summed E-state index contributed by atoms with van der Waals surface area (Å²) in [6.07, 6.45) is 3.45. The molecule has 1 aromatic carbocycles. The van der Waals surface area contributed by atoms with Crippen molar-refractivity contribution in [3.8, 4) is 11.5 Å². The molecule has 1 N–H and O–H groups in total. The second-order valence-electron chi connectivity index (χ2n) is 8.04. The molecule has 9 nitrogen and oxygen atoms in total. The number of benzene rings is 1. The molecule has 5 rings (SSSR count). The Morgan fingerprint density at radius 2 is 1.91 bits per heavy atom. The Hall–Kier alpha value is -3.24. The number of rotatable bonds is 6. The topological polar surface area (TPSA) is 84.9 Å². The molecule has 0 saturated carbocycles. The number of hydrogen-bond acceptors (Lipinski definition) is 9. The van der Waals surface area contributed by atoms with E-state index in [9.17, 15) is 4.39 Å². The lowest BCUT2D eigenvalue weighted by molar-refractivity contribution is 0.122.